The SMILES string of the molecule is N#Cc1cc2c(O)c(N=Nc3ccc(N=Nc4ccc(SOOO)cc4)cc3C(=O)O)c(SOOO)cc2cc1S(=O)(=O)O. The summed E-state index contributed by atoms with van der Waals surface area (Å²) in [6.07, 6.45) is 0. The minimum Gasteiger partial charge on any atom is -0.505 e. The Morgan fingerprint density at radius 1 is 0.864 bits per heavy atom. The van der Waals surface area contributed by atoms with E-state index < -0.39 is 32.3 Å². The Kier molecular flexibility index (Phi) is 10.5. The van der Waals surface area contributed by atoms with Gasteiger partial charge in [0.2, 0.25) is 0 Å². The molecule has 4 aromatic carbocycles. The second kappa shape index (κ2) is 14.3. The molecule has 17 nitrogen and oxygen atoms in total. The third-order valence-electron chi connectivity index (χ3n) is 5.45. The van der Waals surface area contributed by atoms with Crippen LogP contribution in [0.5, 0.6) is 5.75 Å². The van der Waals surface area contributed by atoms with Gasteiger partial charge in [0, 0.05) is 10.3 Å². The standard InChI is InChI=1S/C24H15N5O12S3/c25-11-13-7-17-12(9-21(13)44(35,36)37)8-20(43-41-39-34)22(23(17)30)29-28-19-6-3-15(10-18(19)24(31)32)27-26-14-1-4-16(5-2-14)42-40-38-33/h1-10,30,33-34H,(H,31,32)(H,35,36,37). The molecule has 226 valence electrons. The van der Waals surface area contributed by atoms with Crippen LogP contribution in [0.1, 0.15) is 15.9 Å². The van der Waals surface area contributed by atoms with Crippen molar-refractivity contribution in [1.29, 1.82) is 5.26 Å². The van der Waals surface area contributed by atoms with Crippen LogP contribution in [0.2, 0.25) is 0 Å². The van der Waals surface area contributed by atoms with Gasteiger partial charge in [-0.05, 0) is 66.0 Å². The average molecular weight is 662 g/mol. The summed E-state index contributed by atoms with van der Waals surface area (Å²) in [6, 6.07) is 15.0. The monoisotopic (exact) mass is 661 g/mol. The highest BCUT2D eigenvalue weighted by molar-refractivity contribution is 7.94. The Morgan fingerprint density at radius 2 is 1.52 bits per heavy atom. The van der Waals surface area contributed by atoms with Gasteiger partial charge in [-0.25, -0.2) is 15.3 Å². The zero-order valence-corrected chi connectivity index (χ0v) is 23.8. The second-order valence-electron chi connectivity index (χ2n) is 8.08. The lowest BCUT2D eigenvalue weighted by molar-refractivity contribution is -0.432. The van der Waals surface area contributed by atoms with Crippen LogP contribution in [0.15, 0.2) is 95.8 Å². The van der Waals surface area contributed by atoms with Gasteiger partial charge in [-0.15, -0.1) is 18.9 Å². The summed E-state index contributed by atoms with van der Waals surface area (Å²) >= 11 is 1.07. The van der Waals surface area contributed by atoms with E-state index >= 15 is 0 Å². The molecule has 0 heterocycles. The van der Waals surface area contributed by atoms with Crippen LogP contribution in [-0.2, 0) is 28.9 Å². The van der Waals surface area contributed by atoms with E-state index in [4.69, 9.17) is 10.5 Å². The number of benzene rings is 4. The third kappa shape index (κ3) is 7.70. The molecule has 0 atom stereocenters. The molecule has 5 N–H and O–H groups in total. The first-order chi connectivity index (χ1) is 21.0. The predicted molar refractivity (Wildman–Crippen MR) is 150 cm³/mol. The number of carboxylic acid groups (broad SMARTS) is 1. The van der Waals surface area contributed by atoms with E-state index in [1.54, 1.807) is 30.3 Å². The first-order valence-electron chi connectivity index (χ1n) is 11.4. The highest BCUT2D eigenvalue weighted by Crippen LogP contribution is 2.45. The topological polar surface area (TPSA) is 263 Å². The highest BCUT2D eigenvalue weighted by Gasteiger charge is 2.22. The molecule has 0 unspecified atom stereocenters. The summed E-state index contributed by atoms with van der Waals surface area (Å²) in [6.45, 7) is 0. The van der Waals surface area contributed by atoms with Gasteiger partial charge in [0.25, 0.3) is 10.1 Å². The number of aromatic hydroxyl groups is 1. The lowest BCUT2D eigenvalue weighted by Gasteiger charge is -2.11. The molecule has 0 aliphatic carbocycles. The van der Waals surface area contributed by atoms with Crippen LogP contribution in [0.25, 0.3) is 10.8 Å². The Balaban J connectivity index is 1.71. The Bertz CT molecular complexity index is 1930. The maximum Gasteiger partial charge on any atom is 0.338 e. The number of rotatable bonds is 12. The van der Waals surface area contributed by atoms with E-state index in [2.05, 4.69) is 39.2 Å². The van der Waals surface area contributed by atoms with Crippen molar-refractivity contribution >= 4 is 73.7 Å². The van der Waals surface area contributed by atoms with Gasteiger partial charge < -0.3 is 10.2 Å². The maximum absolute atomic E-state index is 12.0. The molecule has 0 aliphatic rings. The zero-order valence-electron chi connectivity index (χ0n) is 21.3. The van der Waals surface area contributed by atoms with Crippen molar-refractivity contribution in [1.82, 2.24) is 0 Å². The summed E-state index contributed by atoms with van der Waals surface area (Å²) in [5, 5.41) is 69.8. The van der Waals surface area contributed by atoms with Crippen LogP contribution in [0.3, 0.4) is 0 Å². The van der Waals surface area contributed by atoms with Crippen molar-refractivity contribution in [2.24, 2.45) is 20.5 Å². The van der Waals surface area contributed by atoms with Crippen LogP contribution < -0.4 is 0 Å². The number of aromatic carboxylic acids is 1. The van der Waals surface area contributed by atoms with Gasteiger partial charge in [0.15, 0.2) is 5.75 Å². The molecule has 0 spiro atoms. The molecule has 20 heteroatoms. The van der Waals surface area contributed by atoms with E-state index in [0.29, 0.717) is 22.6 Å². The van der Waals surface area contributed by atoms with Gasteiger partial charge in [-0.2, -0.15) is 23.9 Å². The molecule has 0 aromatic heterocycles. The molecule has 0 saturated heterocycles. The number of carbonyl (C=O) groups is 1. The molecular formula is C24H15N5O12S3. The van der Waals surface area contributed by atoms with Gasteiger partial charge in [0.05, 0.1) is 51.5 Å². The number of azo groups is 2. The van der Waals surface area contributed by atoms with Crippen LogP contribution in [-0.4, -0.2) is 39.7 Å². The molecular weight excluding hydrogens is 646 g/mol. The fourth-order valence-corrected chi connectivity index (χ4v) is 5.08. The van der Waals surface area contributed by atoms with Crippen molar-refractivity contribution in [3.63, 3.8) is 0 Å². The van der Waals surface area contributed by atoms with E-state index in [0.717, 1.165) is 24.2 Å². The largest absolute Gasteiger partial charge is 0.505 e. The molecule has 0 fully saturated rings. The van der Waals surface area contributed by atoms with Gasteiger partial charge >= 0.3 is 5.97 Å². The minimum absolute atomic E-state index is 0.0129. The molecule has 0 radical (unpaired) electrons. The van der Waals surface area contributed by atoms with Crippen LogP contribution in [0, 0.1) is 11.3 Å². The average Bonchev–Trinajstić information content (AvgIpc) is 3.01. The zero-order chi connectivity index (χ0) is 31.9. The summed E-state index contributed by atoms with van der Waals surface area (Å²) in [7, 11) is -4.81. The Labute approximate surface area is 254 Å². The number of nitrogens with zero attached hydrogens (tertiary/aromatic N) is 5. The van der Waals surface area contributed by atoms with Gasteiger partial charge in [0.1, 0.15) is 22.3 Å². The van der Waals surface area contributed by atoms with Gasteiger partial charge in [-0.1, -0.05) is 10.1 Å². The molecule has 0 aliphatic heterocycles. The summed E-state index contributed by atoms with van der Waals surface area (Å²) in [5.41, 5.74) is -0.764. The number of phenolic OH excluding ortho intramolecular Hbond substituents is 1. The molecule has 4 aromatic rings. The summed E-state index contributed by atoms with van der Waals surface area (Å²) in [4.78, 5) is 11.7. The van der Waals surface area contributed by atoms with E-state index in [-0.39, 0.29) is 38.3 Å². The summed E-state index contributed by atoms with van der Waals surface area (Å²) < 4.78 is 41.7. The molecule has 0 amide bonds. The maximum atomic E-state index is 12.0. The molecule has 0 bridgehead atoms. The highest BCUT2D eigenvalue weighted by atomic mass is 32.2. The quantitative estimate of drug-likeness (QED) is 0.0335. The van der Waals surface area contributed by atoms with Crippen molar-refractivity contribution in [3.8, 4) is 11.8 Å². The summed E-state index contributed by atoms with van der Waals surface area (Å²) in [5.74, 6) is -2.02. The minimum atomic E-state index is -4.81. The number of hydrogen-bond acceptors (Lipinski definition) is 17. The van der Waals surface area contributed by atoms with Crippen molar-refractivity contribution in [3.05, 3.63) is 71.8 Å². The van der Waals surface area contributed by atoms with E-state index in [9.17, 15) is 33.2 Å². The number of carboxylic acids is 1. The van der Waals surface area contributed by atoms with Crippen LogP contribution >= 0.6 is 24.1 Å². The van der Waals surface area contributed by atoms with Crippen molar-refractivity contribution in [2.45, 2.75) is 14.7 Å². The fraction of sp³-hybridized carbons (Fsp3) is 0. The Hall–Kier alpha value is -4.53. The lowest BCUT2D eigenvalue weighted by Crippen LogP contribution is -2.01. The number of fused-ring (bicyclic) bond motifs is 1. The lowest BCUT2D eigenvalue weighted by atomic mass is 10.1. The van der Waals surface area contributed by atoms with Crippen LogP contribution in [0.4, 0.5) is 22.7 Å². The predicted octanol–water partition coefficient (Wildman–Crippen LogP) is 7.05. The number of hydrogen-bond donors (Lipinski definition) is 5. The normalized spacial score (nSPS) is 11.9. The van der Waals surface area contributed by atoms with E-state index in [1.165, 1.54) is 24.3 Å². The fourth-order valence-electron chi connectivity index (χ4n) is 3.57. The first-order valence-corrected chi connectivity index (χ1v) is 14.3. The Morgan fingerprint density at radius 3 is 2.16 bits per heavy atom. The van der Waals surface area contributed by atoms with Gasteiger partial charge in [-0.3, -0.25) is 4.55 Å². The number of phenols is 1. The first kappa shape index (κ1) is 32.4. The number of nitriles is 1. The third-order valence-corrected chi connectivity index (χ3v) is 7.56. The van der Waals surface area contributed by atoms with E-state index in [1.807, 2.05) is 0 Å². The van der Waals surface area contributed by atoms with Crippen molar-refractivity contribution in [2.75, 3.05) is 0 Å². The molecule has 0 saturated carbocycles. The molecule has 4 rings (SSSR count). The molecule has 44 heavy (non-hydrogen) atoms. The smallest absolute Gasteiger partial charge is 0.338 e. The van der Waals surface area contributed by atoms with Crippen molar-refractivity contribution < 1.29 is 57.2 Å². The second-order valence-corrected chi connectivity index (χ2v) is 11.0.